The lowest BCUT2D eigenvalue weighted by Crippen LogP contribution is -2.46. The maximum atomic E-state index is 12.3. The molecule has 18 heavy (non-hydrogen) atoms. The summed E-state index contributed by atoms with van der Waals surface area (Å²) in [6.45, 7) is 3.33. The molecule has 0 saturated carbocycles. The first kappa shape index (κ1) is 13.5. The Hall–Kier alpha value is -0.900. The van der Waals surface area contributed by atoms with Gasteiger partial charge in [-0.3, -0.25) is 9.69 Å². The lowest BCUT2D eigenvalue weighted by atomic mass is 10.0. The molecule has 3 nitrogen and oxygen atoms in total. The van der Waals surface area contributed by atoms with Crippen molar-refractivity contribution in [3.8, 4) is 0 Å². The molecule has 0 aliphatic carbocycles. The number of hydrogen-bond acceptors (Lipinski definition) is 3. The third kappa shape index (κ3) is 3.10. The highest BCUT2D eigenvalue weighted by molar-refractivity contribution is 6.31. The Kier molecular flexibility index (Phi) is 4.38. The number of piperidine rings is 1. The van der Waals surface area contributed by atoms with Crippen LogP contribution in [0, 0.1) is 0 Å². The molecule has 1 N–H and O–H groups in total. The maximum absolute atomic E-state index is 12.3. The van der Waals surface area contributed by atoms with Gasteiger partial charge in [-0.15, -0.1) is 0 Å². The largest absolute Gasteiger partial charge is 0.392 e. The Balaban J connectivity index is 2.08. The van der Waals surface area contributed by atoms with Gasteiger partial charge in [0.05, 0.1) is 12.1 Å². The van der Waals surface area contributed by atoms with E-state index in [0.29, 0.717) is 17.1 Å². The van der Waals surface area contributed by atoms with Gasteiger partial charge < -0.3 is 5.11 Å². The zero-order valence-corrected chi connectivity index (χ0v) is 11.2. The van der Waals surface area contributed by atoms with Gasteiger partial charge in [0.25, 0.3) is 0 Å². The van der Waals surface area contributed by atoms with Crippen LogP contribution in [0.2, 0.25) is 5.02 Å². The van der Waals surface area contributed by atoms with Gasteiger partial charge >= 0.3 is 0 Å². The fraction of sp³-hybridized carbons (Fsp3) is 0.500. The fourth-order valence-electron chi connectivity index (χ4n) is 2.38. The van der Waals surface area contributed by atoms with E-state index < -0.39 is 0 Å². The number of ketones is 1. The summed E-state index contributed by atoms with van der Waals surface area (Å²) in [6, 6.07) is 6.81. The molecular formula is C14H18ClNO2. The second-order valence-corrected chi connectivity index (χ2v) is 5.28. The third-order valence-corrected chi connectivity index (χ3v) is 3.70. The first-order chi connectivity index (χ1) is 8.58. The number of β-amino-alcohol motifs (C(OH)–C–C–N with tert-alkyl or cyclic N) is 1. The molecule has 1 aliphatic heterocycles. The SMILES string of the molecule is CC(C(=O)c1cccc(Cl)c1)N1CCCC(O)C1. The van der Waals surface area contributed by atoms with Crippen molar-refractivity contribution in [3.63, 3.8) is 0 Å². The lowest BCUT2D eigenvalue weighted by molar-refractivity contribution is 0.0454. The lowest BCUT2D eigenvalue weighted by Gasteiger charge is -2.34. The highest BCUT2D eigenvalue weighted by Gasteiger charge is 2.26. The van der Waals surface area contributed by atoms with Crippen molar-refractivity contribution in [1.82, 2.24) is 4.90 Å². The summed E-state index contributed by atoms with van der Waals surface area (Å²) in [4.78, 5) is 14.4. The van der Waals surface area contributed by atoms with Crippen molar-refractivity contribution in [2.24, 2.45) is 0 Å². The minimum atomic E-state index is -0.312. The van der Waals surface area contributed by atoms with Crippen LogP contribution in [-0.2, 0) is 0 Å². The summed E-state index contributed by atoms with van der Waals surface area (Å²) in [5.41, 5.74) is 0.634. The minimum absolute atomic E-state index is 0.0617. The maximum Gasteiger partial charge on any atom is 0.179 e. The number of benzene rings is 1. The second-order valence-electron chi connectivity index (χ2n) is 4.84. The van der Waals surface area contributed by atoms with E-state index in [0.717, 1.165) is 19.4 Å². The predicted octanol–water partition coefficient (Wildman–Crippen LogP) is 2.37. The van der Waals surface area contributed by atoms with Crippen molar-refractivity contribution in [2.75, 3.05) is 13.1 Å². The van der Waals surface area contributed by atoms with Crippen LogP contribution in [0.3, 0.4) is 0 Å². The van der Waals surface area contributed by atoms with Gasteiger partial charge in [0.2, 0.25) is 0 Å². The Morgan fingerprint density at radius 1 is 1.56 bits per heavy atom. The molecule has 2 rings (SSSR count). The number of likely N-dealkylation sites (tertiary alicyclic amines) is 1. The smallest absolute Gasteiger partial charge is 0.179 e. The molecule has 0 aromatic heterocycles. The van der Waals surface area contributed by atoms with E-state index in [1.54, 1.807) is 24.3 Å². The molecule has 1 heterocycles. The van der Waals surface area contributed by atoms with Crippen LogP contribution in [0.25, 0.3) is 0 Å². The molecule has 0 bridgehead atoms. The Morgan fingerprint density at radius 3 is 3.00 bits per heavy atom. The minimum Gasteiger partial charge on any atom is -0.392 e. The molecule has 1 aromatic rings. The quantitative estimate of drug-likeness (QED) is 0.855. The number of carbonyl (C=O) groups excluding carboxylic acids is 1. The van der Waals surface area contributed by atoms with Gasteiger partial charge in [0.15, 0.2) is 5.78 Å². The molecular weight excluding hydrogens is 250 g/mol. The molecule has 0 amide bonds. The van der Waals surface area contributed by atoms with Crippen molar-refractivity contribution in [2.45, 2.75) is 31.9 Å². The summed E-state index contributed by atoms with van der Waals surface area (Å²) < 4.78 is 0. The molecule has 1 aromatic carbocycles. The van der Waals surface area contributed by atoms with Crippen molar-refractivity contribution in [3.05, 3.63) is 34.9 Å². The summed E-state index contributed by atoms with van der Waals surface area (Å²) in [5, 5.41) is 10.2. The third-order valence-electron chi connectivity index (χ3n) is 3.46. The van der Waals surface area contributed by atoms with Crippen molar-refractivity contribution >= 4 is 17.4 Å². The summed E-state index contributed by atoms with van der Waals surface area (Å²) in [6.07, 6.45) is 1.46. The van der Waals surface area contributed by atoms with E-state index >= 15 is 0 Å². The first-order valence-electron chi connectivity index (χ1n) is 6.30. The fourth-order valence-corrected chi connectivity index (χ4v) is 2.57. The van der Waals surface area contributed by atoms with Gasteiger partial charge in [0.1, 0.15) is 0 Å². The van der Waals surface area contributed by atoms with Crippen molar-refractivity contribution < 1.29 is 9.90 Å². The van der Waals surface area contributed by atoms with Crippen molar-refractivity contribution in [1.29, 1.82) is 0 Å². The van der Waals surface area contributed by atoms with E-state index in [-0.39, 0.29) is 17.9 Å². The van der Waals surface area contributed by atoms with E-state index in [9.17, 15) is 9.90 Å². The van der Waals surface area contributed by atoms with Gasteiger partial charge in [0, 0.05) is 17.1 Å². The average molecular weight is 268 g/mol. The number of aliphatic hydroxyl groups is 1. The van der Waals surface area contributed by atoms with Crippen LogP contribution in [0.1, 0.15) is 30.1 Å². The molecule has 98 valence electrons. The van der Waals surface area contributed by atoms with E-state index in [2.05, 4.69) is 0 Å². The summed E-state index contributed by atoms with van der Waals surface area (Å²) in [7, 11) is 0. The number of hydrogen-bond donors (Lipinski definition) is 1. The number of rotatable bonds is 3. The number of carbonyl (C=O) groups is 1. The topological polar surface area (TPSA) is 40.5 Å². The zero-order chi connectivity index (χ0) is 13.1. The molecule has 0 spiro atoms. The second kappa shape index (κ2) is 5.83. The average Bonchev–Trinajstić information content (AvgIpc) is 2.37. The number of nitrogens with zero attached hydrogens (tertiary/aromatic N) is 1. The van der Waals surface area contributed by atoms with E-state index in [1.807, 2.05) is 11.8 Å². The molecule has 1 saturated heterocycles. The first-order valence-corrected chi connectivity index (χ1v) is 6.67. The van der Waals surface area contributed by atoms with Crippen LogP contribution < -0.4 is 0 Å². The summed E-state index contributed by atoms with van der Waals surface area (Å²) >= 11 is 5.90. The van der Waals surface area contributed by atoms with E-state index in [4.69, 9.17) is 11.6 Å². The standard InChI is InChI=1S/C14H18ClNO2/c1-10(16-7-3-6-13(17)9-16)14(18)11-4-2-5-12(15)8-11/h2,4-5,8,10,13,17H,3,6-7,9H2,1H3. The Morgan fingerprint density at radius 2 is 2.33 bits per heavy atom. The zero-order valence-electron chi connectivity index (χ0n) is 10.5. The predicted molar refractivity (Wildman–Crippen MR) is 72.1 cm³/mol. The number of Topliss-reactive ketones (excluding diaryl/α,β-unsaturated/α-hetero) is 1. The van der Waals surface area contributed by atoms with Gasteiger partial charge in [-0.25, -0.2) is 0 Å². The van der Waals surface area contributed by atoms with Gasteiger partial charge in [-0.1, -0.05) is 23.7 Å². The van der Waals surface area contributed by atoms with Crippen LogP contribution in [0.5, 0.6) is 0 Å². The Labute approximate surface area is 112 Å². The molecule has 0 radical (unpaired) electrons. The normalized spacial score (nSPS) is 22.7. The number of aliphatic hydroxyl groups excluding tert-OH is 1. The monoisotopic (exact) mass is 267 g/mol. The highest BCUT2D eigenvalue weighted by atomic mass is 35.5. The molecule has 2 atom stereocenters. The van der Waals surface area contributed by atoms with Gasteiger partial charge in [-0.2, -0.15) is 0 Å². The molecule has 2 unspecified atom stereocenters. The summed E-state index contributed by atoms with van der Waals surface area (Å²) in [5.74, 6) is 0.0617. The molecule has 1 fully saturated rings. The van der Waals surface area contributed by atoms with Gasteiger partial charge in [-0.05, 0) is 38.4 Å². The molecule has 1 aliphatic rings. The van der Waals surface area contributed by atoms with Crippen LogP contribution in [0.4, 0.5) is 0 Å². The number of halogens is 1. The Bertz CT molecular complexity index is 436. The van der Waals surface area contributed by atoms with Crippen LogP contribution in [0.15, 0.2) is 24.3 Å². The molecule has 4 heteroatoms. The van der Waals surface area contributed by atoms with E-state index in [1.165, 1.54) is 0 Å². The van der Waals surface area contributed by atoms with Crippen LogP contribution in [-0.4, -0.2) is 41.0 Å². The van der Waals surface area contributed by atoms with Crippen LogP contribution >= 0.6 is 11.6 Å². The highest BCUT2D eigenvalue weighted by Crippen LogP contribution is 2.18.